The SMILES string of the molecule is C=CC1=C(C)CCC1=O. The molecule has 1 aliphatic rings. The molecule has 0 fully saturated rings. The van der Waals surface area contributed by atoms with Crippen molar-refractivity contribution in [2.24, 2.45) is 0 Å². The second-order valence-corrected chi connectivity index (χ2v) is 2.32. The van der Waals surface area contributed by atoms with Crippen molar-refractivity contribution in [3.8, 4) is 0 Å². The normalized spacial score (nSPS) is 19.0. The molecule has 0 aromatic heterocycles. The Balaban J connectivity index is 2.94. The molecular weight excluding hydrogens is 112 g/mol. The predicted octanol–water partition coefficient (Wildman–Crippen LogP) is 1.85. The molecule has 0 heterocycles. The molecule has 1 rings (SSSR count). The topological polar surface area (TPSA) is 17.1 Å². The zero-order valence-electron chi connectivity index (χ0n) is 5.61. The summed E-state index contributed by atoms with van der Waals surface area (Å²) in [6, 6.07) is 0. The van der Waals surface area contributed by atoms with Gasteiger partial charge in [0.1, 0.15) is 0 Å². The molecule has 48 valence electrons. The lowest BCUT2D eigenvalue weighted by molar-refractivity contribution is -0.114. The molecule has 1 aliphatic carbocycles. The summed E-state index contributed by atoms with van der Waals surface area (Å²) in [6.07, 6.45) is 3.28. The molecule has 0 aromatic carbocycles. The van der Waals surface area contributed by atoms with Crippen LogP contribution in [0.5, 0.6) is 0 Å². The Morgan fingerprint density at radius 3 is 2.44 bits per heavy atom. The molecule has 0 saturated carbocycles. The molecule has 9 heavy (non-hydrogen) atoms. The lowest BCUT2D eigenvalue weighted by Gasteiger charge is -1.89. The van der Waals surface area contributed by atoms with Crippen molar-refractivity contribution in [2.75, 3.05) is 0 Å². The van der Waals surface area contributed by atoms with Gasteiger partial charge in [-0.25, -0.2) is 0 Å². The first-order chi connectivity index (χ1) is 4.25. The molecule has 0 bridgehead atoms. The van der Waals surface area contributed by atoms with Gasteiger partial charge in [0.2, 0.25) is 0 Å². The van der Waals surface area contributed by atoms with Crippen molar-refractivity contribution in [3.05, 3.63) is 23.8 Å². The van der Waals surface area contributed by atoms with Crippen LogP contribution in [0.25, 0.3) is 0 Å². The van der Waals surface area contributed by atoms with Gasteiger partial charge >= 0.3 is 0 Å². The highest BCUT2D eigenvalue weighted by atomic mass is 16.1. The number of rotatable bonds is 1. The number of hydrogen-bond acceptors (Lipinski definition) is 1. The Labute approximate surface area is 55.1 Å². The first-order valence-corrected chi connectivity index (χ1v) is 3.11. The monoisotopic (exact) mass is 122 g/mol. The summed E-state index contributed by atoms with van der Waals surface area (Å²) in [5.41, 5.74) is 2.03. The van der Waals surface area contributed by atoms with Crippen LogP contribution < -0.4 is 0 Å². The Morgan fingerprint density at radius 1 is 1.56 bits per heavy atom. The third kappa shape index (κ3) is 0.947. The van der Waals surface area contributed by atoms with Gasteiger partial charge < -0.3 is 0 Å². The molecule has 0 atom stereocenters. The first-order valence-electron chi connectivity index (χ1n) is 3.11. The van der Waals surface area contributed by atoms with Crippen LogP contribution in [-0.2, 0) is 4.79 Å². The van der Waals surface area contributed by atoms with E-state index in [0.29, 0.717) is 6.42 Å². The second kappa shape index (κ2) is 2.18. The summed E-state index contributed by atoms with van der Waals surface area (Å²) in [4.78, 5) is 10.9. The third-order valence-corrected chi connectivity index (χ3v) is 1.69. The van der Waals surface area contributed by atoms with Gasteiger partial charge in [-0.2, -0.15) is 0 Å². The summed E-state index contributed by atoms with van der Waals surface area (Å²) in [7, 11) is 0. The summed E-state index contributed by atoms with van der Waals surface area (Å²) in [6.45, 7) is 5.55. The Morgan fingerprint density at radius 2 is 2.22 bits per heavy atom. The maximum absolute atomic E-state index is 10.9. The zero-order valence-corrected chi connectivity index (χ0v) is 5.61. The summed E-state index contributed by atoms with van der Waals surface area (Å²) < 4.78 is 0. The van der Waals surface area contributed by atoms with Gasteiger partial charge in [-0.15, -0.1) is 0 Å². The van der Waals surface area contributed by atoms with Crippen LogP contribution >= 0.6 is 0 Å². The van der Waals surface area contributed by atoms with Crippen LogP contribution in [0.1, 0.15) is 19.8 Å². The van der Waals surface area contributed by atoms with Crippen molar-refractivity contribution >= 4 is 5.78 Å². The zero-order chi connectivity index (χ0) is 6.85. The highest BCUT2D eigenvalue weighted by molar-refractivity contribution is 6.00. The van der Waals surface area contributed by atoms with Crippen molar-refractivity contribution in [1.29, 1.82) is 0 Å². The minimum Gasteiger partial charge on any atom is -0.294 e. The van der Waals surface area contributed by atoms with Gasteiger partial charge in [0.05, 0.1) is 0 Å². The van der Waals surface area contributed by atoms with Crippen molar-refractivity contribution in [3.63, 3.8) is 0 Å². The van der Waals surface area contributed by atoms with E-state index in [2.05, 4.69) is 6.58 Å². The molecule has 0 aliphatic heterocycles. The van der Waals surface area contributed by atoms with Gasteiger partial charge in [0.15, 0.2) is 5.78 Å². The third-order valence-electron chi connectivity index (χ3n) is 1.69. The highest BCUT2D eigenvalue weighted by Gasteiger charge is 2.16. The van der Waals surface area contributed by atoms with Crippen molar-refractivity contribution < 1.29 is 4.79 Å². The van der Waals surface area contributed by atoms with Gasteiger partial charge in [-0.05, 0) is 13.3 Å². The minimum absolute atomic E-state index is 0.252. The van der Waals surface area contributed by atoms with Gasteiger partial charge in [0, 0.05) is 12.0 Å². The minimum atomic E-state index is 0.252. The fourth-order valence-electron chi connectivity index (χ4n) is 1.10. The summed E-state index contributed by atoms with van der Waals surface area (Å²) in [5, 5.41) is 0. The predicted molar refractivity (Wildman–Crippen MR) is 37.1 cm³/mol. The molecule has 0 saturated heterocycles. The van der Waals surface area contributed by atoms with E-state index in [1.54, 1.807) is 6.08 Å². The molecular formula is C8H10O. The number of hydrogen-bond donors (Lipinski definition) is 0. The van der Waals surface area contributed by atoms with E-state index in [-0.39, 0.29) is 5.78 Å². The average Bonchev–Trinajstić information content (AvgIpc) is 2.12. The van der Waals surface area contributed by atoms with Gasteiger partial charge in [-0.1, -0.05) is 18.2 Å². The lowest BCUT2D eigenvalue weighted by Crippen LogP contribution is -1.90. The van der Waals surface area contributed by atoms with Gasteiger partial charge in [-0.3, -0.25) is 4.79 Å². The molecule has 1 heteroatoms. The van der Waals surface area contributed by atoms with Crippen LogP contribution in [0.15, 0.2) is 23.8 Å². The lowest BCUT2D eigenvalue weighted by atomic mass is 10.2. The summed E-state index contributed by atoms with van der Waals surface area (Å²) in [5.74, 6) is 0.252. The van der Waals surface area contributed by atoms with Crippen LogP contribution in [0, 0.1) is 0 Å². The number of carbonyl (C=O) groups excluding carboxylic acids is 1. The maximum Gasteiger partial charge on any atom is 0.163 e. The van der Waals surface area contributed by atoms with Crippen LogP contribution in [-0.4, -0.2) is 5.78 Å². The van der Waals surface area contributed by atoms with E-state index in [4.69, 9.17) is 0 Å². The number of ketones is 1. The van der Waals surface area contributed by atoms with E-state index in [0.717, 1.165) is 12.0 Å². The molecule has 0 amide bonds. The van der Waals surface area contributed by atoms with Crippen LogP contribution in [0.3, 0.4) is 0 Å². The van der Waals surface area contributed by atoms with E-state index in [9.17, 15) is 4.79 Å². The van der Waals surface area contributed by atoms with Crippen LogP contribution in [0.2, 0.25) is 0 Å². The maximum atomic E-state index is 10.9. The molecule has 0 N–H and O–H groups in total. The molecule has 0 unspecified atom stereocenters. The highest BCUT2D eigenvalue weighted by Crippen LogP contribution is 2.22. The smallest absolute Gasteiger partial charge is 0.163 e. The molecule has 0 spiro atoms. The van der Waals surface area contributed by atoms with Gasteiger partial charge in [0.25, 0.3) is 0 Å². The van der Waals surface area contributed by atoms with E-state index < -0.39 is 0 Å². The molecule has 0 aromatic rings. The van der Waals surface area contributed by atoms with E-state index >= 15 is 0 Å². The first kappa shape index (κ1) is 6.27. The fraction of sp³-hybridized carbons (Fsp3) is 0.375. The number of carbonyl (C=O) groups is 1. The van der Waals surface area contributed by atoms with E-state index in [1.165, 1.54) is 5.57 Å². The number of Topliss-reactive ketones (excluding diaryl/α,β-unsaturated/α-hetero) is 1. The molecule has 0 radical (unpaired) electrons. The fourth-order valence-corrected chi connectivity index (χ4v) is 1.10. The standard InChI is InChI=1S/C8H10O/c1-3-7-6(2)4-5-8(7)9/h3H,1,4-5H2,2H3. The molecule has 1 nitrogen and oxygen atoms in total. The Kier molecular flexibility index (Phi) is 1.52. The number of allylic oxidation sites excluding steroid dienone is 3. The van der Waals surface area contributed by atoms with Crippen LogP contribution in [0.4, 0.5) is 0 Å². The summed E-state index contributed by atoms with van der Waals surface area (Å²) >= 11 is 0. The quantitative estimate of drug-likeness (QED) is 0.518. The second-order valence-electron chi connectivity index (χ2n) is 2.32. The average molecular weight is 122 g/mol. The largest absolute Gasteiger partial charge is 0.294 e. The van der Waals surface area contributed by atoms with Crippen molar-refractivity contribution in [2.45, 2.75) is 19.8 Å². The van der Waals surface area contributed by atoms with Crippen molar-refractivity contribution in [1.82, 2.24) is 0 Å². The van der Waals surface area contributed by atoms with E-state index in [1.807, 2.05) is 6.92 Å². The Bertz CT molecular complexity index is 187. The Hall–Kier alpha value is -0.850.